The summed E-state index contributed by atoms with van der Waals surface area (Å²) in [6.07, 6.45) is 11.6. The van der Waals surface area contributed by atoms with Crippen LogP contribution in [0.4, 0.5) is 0 Å². The average molecular weight is 324 g/mol. The van der Waals surface area contributed by atoms with Crippen molar-refractivity contribution in [2.24, 2.45) is 0 Å². The molecule has 0 unspecified atom stereocenters. The highest BCUT2D eigenvalue weighted by molar-refractivity contribution is 5.93. The van der Waals surface area contributed by atoms with Crippen LogP contribution < -0.4 is 0 Å². The Morgan fingerprint density at radius 2 is 2.08 bits per heavy atom. The molecule has 1 saturated heterocycles. The second-order valence-corrected chi connectivity index (χ2v) is 6.91. The number of likely N-dealkylation sites (N-methyl/N-ethyl adjacent to an activating group) is 1. The second-order valence-electron chi connectivity index (χ2n) is 6.91. The predicted molar refractivity (Wildman–Crippen MR) is 99.4 cm³/mol. The quantitative estimate of drug-likeness (QED) is 0.736. The third kappa shape index (κ3) is 3.78. The molecule has 3 heteroatoms. The fourth-order valence-electron chi connectivity index (χ4n) is 3.75. The summed E-state index contributed by atoms with van der Waals surface area (Å²) < 4.78 is 0. The van der Waals surface area contributed by atoms with Gasteiger partial charge in [0, 0.05) is 36.8 Å². The van der Waals surface area contributed by atoms with Gasteiger partial charge in [-0.05, 0) is 44.0 Å². The van der Waals surface area contributed by atoms with Crippen LogP contribution in [0.3, 0.4) is 0 Å². The Morgan fingerprint density at radius 3 is 2.79 bits per heavy atom. The lowest BCUT2D eigenvalue weighted by Crippen LogP contribution is -2.40. The molecular formula is C21H28N2O. The maximum atomic E-state index is 12.8. The molecule has 0 spiro atoms. The summed E-state index contributed by atoms with van der Waals surface area (Å²) in [5, 5.41) is 0. The molecule has 3 rings (SSSR count). The highest BCUT2D eigenvalue weighted by atomic mass is 16.2. The van der Waals surface area contributed by atoms with Crippen LogP contribution in [-0.4, -0.2) is 41.4 Å². The van der Waals surface area contributed by atoms with Gasteiger partial charge in [-0.15, -0.1) is 0 Å². The zero-order valence-electron chi connectivity index (χ0n) is 14.8. The third-order valence-electron chi connectivity index (χ3n) is 5.29. The highest BCUT2D eigenvalue weighted by Crippen LogP contribution is 2.34. The minimum absolute atomic E-state index is 0.113. The molecule has 1 aromatic rings. The van der Waals surface area contributed by atoms with Crippen molar-refractivity contribution in [2.45, 2.75) is 51.1 Å². The van der Waals surface area contributed by atoms with Gasteiger partial charge in [-0.2, -0.15) is 0 Å². The molecule has 0 N–H and O–H groups in total. The van der Waals surface area contributed by atoms with Crippen molar-refractivity contribution in [3.63, 3.8) is 0 Å². The summed E-state index contributed by atoms with van der Waals surface area (Å²) >= 11 is 0. The second kappa shape index (κ2) is 7.80. The largest absolute Gasteiger partial charge is 0.313 e. The van der Waals surface area contributed by atoms with Crippen LogP contribution in [0.2, 0.25) is 0 Å². The number of hydrogen-bond donors (Lipinski definition) is 0. The number of unbranched alkanes of at least 4 members (excludes halogenated alkanes) is 1. The molecule has 0 aliphatic carbocycles. The van der Waals surface area contributed by atoms with E-state index in [0.717, 1.165) is 31.4 Å². The van der Waals surface area contributed by atoms with Crippen LogP contribution in [0, 0.1) is 0 Å². The van der Waals surface area contributed by atoms with Crippen LogP contribution in [-0.2, 0) is 4.79 Å². The topological polar surface area (TPSA) is 23.6 Å². The van der Waals surface area contributed by atoms with Crippen LogP contribution in [0.25, 0.3) is 6.08 Å². The molecule has 1 amide bonds. The van der Waals surface area contributed by atoms with Gasteiger partial charge in [0.25, 0.3) is 5.91 Å². The Morgan fingerprint density at radius 1 is 1.29 bits per heavy atom. The lowest BCUT2D eigenvalue weighted by molar-refractivity contribution is -0.124. The Balaban J connectivity index is 1.75. The standard InChI is InChI=1S/C21H28N2O/c1-3-4-14-23(20-15-18-11-12-19(16-20)22(18)2)21(24)13-10-17-8-6-5-7-9-17/h5-10,13,15,18-19H,3-4,11-12,14,16H2,1-2H3/b13-10+/t18-,19-/m0/s1. The molecular weight excluding hydrogens is 296 g/mol. The minimum Gasteiger partial charge on any atom is -0.313 e. The van der Waals surface area contributed by atoms with Crippen molar-refractivity contribution in [1.29, 1.82) is 0 Å². The minimum atomic E-state index is 0.113. The van der Waals surface area contributed by atoms with Crippen LogP contribution >= 0.6 is 0 Å². The number of nitrogens with zero attached hydrogens (tertiary/aromatic N) is 2. The van der Waals surface area contributed by atoms with Crippen molar-refractivity contribution in [1.82, 2.24) is 9.80 Å². The zero-order valence-corrected chi connectivity index (χ0v) is 14.8. The maximum Gasteiger partial charge on any atom is 0.250 e. The van der Waals surface area contributed by atoms with Gasteiger partial charge in [0.15, 0.2) is 0 Å². The summed E-state index contributed by atoms with van der Waals surface area (Å²) in [7, 11) is 2.21. The smallest absolute Gasteiger partial charge is 0.250 e. The number of benzene rings is 1. The van der Waals surface area contributed by atoms with Gasteiger partial charge in [-0.3, -0.25) is 9.69 Å². The lowest BCUT2D eigenvalue weighted by Gasteiger charge is -2.35. The highest BCUT2D eigenvalue weighted by Gasteiger charge is 2.35. The van der Waals surface area contributed by atoms with E-state index in [1.165, 1.54) is 18.5 Å². The monoisotopic (exact) mass is 324 g/mol. The first-order valence-corrected chi connectivity index (χ1v) is 9.16. The Kier molecular flexibility index (Phi) is 5.52. The van der Waals surface area contributed by atoms with Crippen molar-refractivity contribution < 1.29 is 4.79 Å². The summed E-state index contributed by atoms with van der Waals surface area (Å²) in [4.78, 5) is 17.3. The number of carbonyl (C=O) groups is 1. The first kappa shape index (κ1) is 17.0. The van der Waals surface area contributed by atoms with E-state index in [2.05, 4.69) is 24.9 Å². The Labute approximate surface area is 145 Å². The molecule has 24 heavy (non-hydrogen) atoms. The summed E-state index contributed by atoms with van der Waals surface area (Å²) in [6.45, 7) is 3.00. The van der Waals surface area contributed by atoms with Crippen LogP contribution in [0.15, 0.2) is 48.2 Å². The molecule has 1 aromatic carbocycles. The molecule has 3 nitrogen and oxygen atoms in total. The van der Waals surface area contributed by atoms with Gasteiger partial charge >= 0.3 is 0 Å². The van der Waals surface area contributed by atoms with Crippen molar-refractivity contribution in [3.8, 4) is 0 Å². The van der Waals surface area contributed by atoms with Crippen LogP contribution in [0.1, 0.15) is 44.6 Å². The summed E-state index contributed by atoms with van der Waals surface area (Å²) in [5.74, 6) is 0.113. The van der Waals surface area contributed by atoms with Gasteiger partial charge in [0.1, 0.15) is 0 Å². The van der Waals surface area contributed by atoms with Gasteiger partial charge < -0.3 is 4.90 Å². The molecule has 2 bridgehead atoms. The number of fused-ring (bicyclic) bond motifs is 2. The van der Waals surface area contributed by atoms with Gasteiger partial charge in [-0.1, -0.05) is 43.7 Å². The average Bonchev–Trinajstić information content (AvgIpc) is 2.82. The van der Waals surface area contributed by atoms with E-state index < -0.39 is 0 Å². The number of carbonyl (C=O) groups excluding carboxylic acids is 1. The maximum absolute atomic E-state index is 12.8. The fraction of sp³-hybridized carbons (Fsp3) is 0.476. The first-order valence-electron chi connectivity index (χ1n) is 9.16. The van der Waals surface area contributed by atoms with E-state index >= 15 is 0 Å². The van der Waals surface area contributed by atoms with Crippen molar-refractivity contribution >= 4 is 12.0 Å². The molecule has 1 fully saturated rings. The predicted octanol–water partition coefficient (Wildman–Crippen LogP) is 4.08. The molecule has 2 aliphatic heterocycles. The molecule has 0 saturated carbocycles. The third-order valence-corrected chi connectivity index (χ3v) is 5.29. The lowest BCUT2D eigenvalue weighted by atomic mass is 10.1. The van der Waals surface area contributed by atoms with E-state index in [4.69, 9.17) is 0 Å². The first-order chi connectivity index (χ1) is 11.7. The SMILES string of the molecule is CCCCN(C(=O)/C=C/c1ccccc1)C1=C[C@@H]2CC[C@@H](C1)N2C. The molecule has 128 valence electrons. The van der Waals surface area contributed by atoms with E-state index in [-0.39, 0.29) is 5.91 Å². The fourth-order valence-corrected chi connectivity index (χ4v) is 3.75. The normalized spacial score (nSPS) is 23.5. The Bertz CT molecular complexity index is 620. The van der Waals surface area contributed by atoms with E-state index in [9.17, 15) is 4.79 Å². The molecule has 0 radical (unpaired) electrons. The number of hydrogen-bond acceptors (Lipinski definition) is 2. The van der Waals surface area contributed by atoms with E-state index in [0.29, 0.717) is 12.1 Å². The molecule has 2 atom stereocenters. The van der Waals surface area contributed by atoms with E-state index in [1.54, 1.807) is 6.08 Å². The van der Waals surface area contributed by atoms with E-state index in [1.807, 2.05) is 41.3 Å². The number of amides is 1. The van der Waals surface area contributed by atoms with Crippen molar-refractivity contribution in [2.75, 3.05) is 13.6 Å². The molecule has 2 heterocycles. The summed E-state index contributed by atoms with van der Waals surface area (Å²) in [5.41, 5.74) is 2.30. The van der Waals surface area contributed by atoms with Crippen molar-refractivity contribution in [3.05, 3.63) is 53.7 Å². The van der Waals surface area contributed by atoms with Gasteiger partial charge in [-0.25, -0.2) is 0 Å². The van der Waals surface area contributed by atoms with Gasteiger partial charge in [0.2, 0.25) is 0 Å². The summed E-state index contributed by atoms with van der Waals surface area (Å²) in [6, 6.07) is 11.1. The van der Waals surface area contributed by atoms with Crippen LogP contribution in [0.5, 0.6) is 0 Å². The Hall–Kier alpha value is -1.87. The number of rotatable bonds is 6. The molecule has 2 aliphatic rings. The molecule has 0 aromatic heterocycles. The zero-order chi connectivity index (χ0) is 16.9. The van der Waals surface area contributed by atoms with Gasteiger partial charge in [0.05, 0.1) is 0 Å².